The van der Waals surface area contributed by atoms with Crippen LogP contribution >= 0.6 is 11.8 Å². The lowest BCUT2D eigenvalue weighted by molar-refractivity contribution is 0.528. The van der Waals surface area contributed by atoms with Crippen molar-refractivity contribution in [2.75, 3.05) is 0 Å². The fraction of sp³-hybridized carbons (Fsp3) is 0.238. The maximum atomic E-state index is 5.81. The second kappa shape index (κ2) is 7.98. The van der Waals surface area contributed by atoms with Crippen molar-refractivity contribution in [2.24, 2.45) is 0 Å². The summed E-state index contributed by atoms with van der Waals surface area (Å²) in [5, 5.41) is 17.9. The molecule has 142 valence electrons. The van der Waals surface area contributed by atoms with Gasteiger partial charge in [-0.1, -0.05) is 53.2 Å². The van der Waals surface area contributed by atoms with E-state index >= 15 is 0 Å². The Kier molecular flexibility index (Phi) is 5.25. The second-order valence-corrected chi connectivity index (χ2v) is 7.52. The topological polar surface area (TPSA) is 69.6 Å². The summed E-state index contributed by atoms with van der Waals surface area (Å²) in [5.41, 5.74) is 4.39. The molecule has 7 heteroatoms. The van der Waals surface area contributed by atoms with Crippen molar-refractivity contribution in [1.29, 1.82) is 0 Å². The minimum atomic E-state index is 0.535. The van der Waals surface area contributed by atoms with Crippen molar-refractivity contribution >= 4 is 11.8 Å². The standard InChI is InChI=1S/C21H21N5OS/c1-4-26-19(17-7-5-6-15(3)12-17)23-25-21(26)28-13-18-22-24-20(27-18)16-10-8-14(2)9-11-16/h5-12H,4,13H2,1-3H3. The van der Waals surface area contributed by atoms with Gasteiger partial charge in [-0.2, -0.15) is 0 Å². The van der Waals surface area contributed by atoms with E-state index in [1.165, 1.54) is 11.1 Å². The quantitative estimate of drug-likeness (QED) is 0.434. The summed E-state index contributed by atoms with van der Waals surface area (Å²) in [6.07, 6.45) is 0. The molecule has 4 aromatic rings. The van der Waals surface area contributed by atoms with E-state index in [9.17, 15) is 0 Å². The van der Waals surface area contributed by atoms with E-state index in [1.54, 1.807) is 11.8 Å². The largest absolute Gasteiger partial charge is 0.420 e. The Morgan fingerprint density at radius 2 is 1.71 bits per heavy atom. The van der Waals surface area contributed by atoms with E-state index in [0.717, 1.165) is 28.7 Å². The molecule has 0 bridgehead atoms. The predicted octanol–water partition coefficient (Wildman–Crippen LogP) is 4.92. The fourth-order valence-electron chi connectivity index (χ4n) is 2.93. The fourth-order valence-corrected chi connectivity index (χ4v) is 3.77. The van der Waals surface area contributed by atoms with Gasteiger partial charge in [-0.25, -0.2) is 0 Å². The molecular formula is C21H21N5OS. The van der Waals surface area contributed by atoms with Gasteiger partial charge in [0.05, 0.1) is 5.75 Å². The summed E-state index contributed by atoms with van der Waals surface area (Å²) in [6, 6.07) is 16.3. The third-order valence-corrected chi connectivity index (χ3v) is 5.35. The Balaban J connectivity index is 1.50. The Labute approximate surface area is 168 Å². The van der Waals surface area contributed by atoms with Crippen molar-refractivity contribution < 1.29 is 4.42 Å². The maximum absolute atomic E-state index is 5.81. The number of thioether (sulfide) groups is 1. The zero-order valence-corrected chi connectivity index (χ0v) is 16.9. The van der Waals surface area contributed by atoms with Crippen LogP contribution in [0.5, 0.6) is 0 Å². The predicted molar refractivity (Wildman–Crippen MR) is 110 cm³/mol. The minimum Gasteiger partial charge on any atom is -0.420 e. The molecule has 0 spiro atoms. The van der Waals surface area contributed by atoms with Crippen molar-refractivity contribution in [3.05, 3.63) is 65.5 Å². The minimum absolute atomic E-state index is 0.535. The van der Waals surface area contributed by atoms with Crippen LogP contribution in [0, 0.1) is 13.8 Å². The van der Waals surface area contributed by atoms with E-state index in [4.69, 9.17) is 4.42 Å². The molecule has 0 aliphatic rings. The first-order valence-corrected chi connectivity index (χ1v) is 10.1. The van der Waals surface area contributed by atoms with Crippen LogP contribution in [0.3, 0.4) is 0 Å². The molecule has 0 atom stereocenters. The molecule has 4 rings (SSSR count). The van der Waals surface area contributed by atoms with Gasteiger partial charge in [0.1, 0.15) is 0 Å². The Morgan fingerprint density at radius 3 is 2.46 bits per heavy atom. The highest BCUT2D eigenvalue weighted by atomic mass is 32.2. The van der Waals surface area contributed by atoms with E-state index in [0.29, 0.717) is 17.5 Å². The molecule has 0 unspecified atom stereocenters. The first-order valence-electron chi connectivity index (χ1n) is 9.16. The normalized spacial score (nSPS) is 11.1. The molecule has 0 N–H and O–H groups in total. The Hall–Kier alpha value is -2.93. The average Bonchev–Trinajstić information content (AvgIpc) is 3.33. The molecule has 28 heavy (non-hydrogen) atoms. The number of aromatic nitrogens is 5. The lowest BCUT2D eigenvalue weighted by Crippen LogP contribution is -2.00. The molecule has 0 aliphatic carbocycles. The van der Waals surface area contributed by atoms with Crippen LogP contribution in [0.4, 0.5) is 0 Å². The molecule has 2 aromatic carbocycles. The summed E-state index contributed by atoms with van der Waals surface area (Å²) < 4.78 is 7.92. The van der Waals surface area contributed by atoms with Crippen LogP contribution in [0.25, 0.3) is 22.8 Å². The average molecular weight is 392 g/mol. The van der Waals surface area contributed by atoms with Gasteiger partial charge in [0.15, 0.2) is 11.0 Å². The highest BCUT2D eigenvalue weighted by Gasteiger charge is 2.15. The molecule has 0 amide bonds. The second-order valence-electron chi connectivity index (χ2n) is 6.58. The summed E-state index contributed by atoms with van der Waals surface area (Å²) in [5.74, 6) is 2.53. The SMILES string of the molecule is CCn1c(SCc2nnc(-c3ccc(C)cc3)o2)nnc1-c1cccc(C)c1. The van der Waals surface area contributed by atoms with Crippen molar-refractivity contribution in [3.8, 4) is 22.8 Å². The smallest absolute Gasteiger partial charge is 0.247 e. The Bertz CT molecular complexity index is 1080. The molecule has 0 saturated heterocycles. The zero-order chi connectivity index (χ0) is 19.5. The van der Waals surface area contributed by atoms with E-state index in [2.05, 4.69) is 63.9 Å². The number of hydrogen-bond donors (Lipinski definition) is 0. The number of rotatable bonds is 6. The van der Waals surface area contributed by atoms with Gasteiger partial charge in [-0.15, -0.1) is 20.4 Å². The number of nitrogens with zero attached hydrogens (tertiary/aromatic N) is 5. The van der Waals surface area contributed by atoms with Crippen LogP contribution in [0.1, 0.15) is 23.9 Å². The summed E-state index contributed by atoms with van der Waals surface area (Å²) in [4.78, 5) is 0. The summed E-state index contributed by atoms with van der Waals surface area (Å²) in [7, 11) is 0. The molecule has 0 aliphatic heterocycles. The number of hydrogen-bond acceptors (Lipinski definition) is 6. The lowest BCUT2D eigenvalue weighted by Gasteiger charge is -2.07. The van der Waals surface area contributed by atoms with Gasteiger partial charge in [-0.05, 0) is 39.0 Å². The third-order valence-electron chi connectivity index (χ3n) is 4.40. The molecule has 0 saturated carbocycles. The van der Waals surface area contributed by atoms with Gasteiger partial charge in [0.2, 0.25) is 11.8 Å². The summed E-state index contributed by atoms with van der Waals surface area (Å²) in [6.45, 7) is 7.01. The monoisotopic (exact) mass is 391 g/mol. The first-order chi connectivity index (χ1) is 13.6. The van der Waals surface area contributed by atoms with Crippen LogP contribution < -0.4 is 0 Å². The van der Waals surface area contributed by atoms with Gasteiger partial charge >= 0.3 is 0 Å². The lowest BCUT2D eigenvalue weighted by atomic mass is 10.1. The van der Waals surface area contributed by atoms with Crippen LogP contribution in [-0.4, -0.2) is 25.0 Å². The van der Waals surface area contributed by atoms with Gasteiger partial charge < -0.3 is 8.98 Å². The van der Waals surface area contributed by atoms with Gasteiger partial charge in [0.25, 0.3) is 0 Å². The highest BCUT2D eigenvalue weighted by Crippen LogP contribution is 2.27. The van der Waals surface area contributed by atoms with E-state index in [-0.39, 0.29) is 0 Å². The first kappa shape index (κ1) is 18.4. The molecule has 0 fully saturated rings. The number of benzene rings is 2. The van der Waals surface area contributed by atoms with Crippen molar-refractivity contribution in [3.63, 3.8) is 0 Å². The molecule has 6 nitrogen and oxygen atoms in total. The molecule has 2 heterocycles. The highest BCUT2D eigenvalue weighted by molar-refractivity contribution is 7.98. The van der Waals surface area contributed by atoms with E-state index in [1.807, 2.05) is 30.3 Å². The van der Waals surface area contributed by atoms with Gasteiger partial charge in [0, 0.05) is 17.7 Å². The third kappa shape index (κ3) is 3.84. The summed E-state index contributed by atoms with van der Waals surface area (Å²) >= 11 is 1.55. The molecule has 2 aromatic heterocycles. The van der Waals surface area contributed by atoms with Crippen molar-refractivity contribution in [2.45, 2.75) is 38.2 Å². The zero-order valence-electron chi connectivity index (χ0n) is 16.1. The van der Waals surface area contributed by atoms with E-state index < -0.39 is 0 Å². The van der Waals surface area contributed by atoms with Gasteiger partial charge in [-0.3, -0.25) is 0 Å². The van der Waals surface area contributed by atoms with Crippen LogP contribution in [0.15, 0.2) is 58.1 Å². The van der Waals surface area contributed by atoms with Crippen molar-refractivity contribution in [1.82, 2.24) is 25.0 Å². The number of aryl methyl sites for hydroxylation is 2. The molecular weight excluding hydrogens is 370 g/mol. The Morgan fingerprint density at radius 1 is 0.893 bits per heavy atom. The molecule has 0 radical (unpaired) electrons. The van der Waals surface area contributed by atoms with Crippen LogP contribution in [0.2, 0.25) is 0 Å². The maximum Gasteiger partial charge on any atom is 0.247 e. The van der Waals surface area contributed by atoms with Crippen LogP contribution in [-0.2, 0) is 12.3 Å².